The van der Waals surface area contributed by atoms with Crippen LogP contribution in [0.1, 0.15) is 35.5 Å². The van der Waals surface area contributed by atoms with Crippen molar-refractivity contribution in [2.24, 2.45) is 0 Å². The standard InChI is InChI=1S/C28H28ClN5O5/c1-16(2)34-20-12-22-19(11-23(20)39-15-24(34)35)31(3)27(36)21(14-38-22)32-10-9-18-25(28(32)37)30-33(26(18)29)13-17-7-5-4-6-8-17/h4-8,11-12,16,21H,9-10,13-15H2,1-3H3/t21-/m0/s1. The van der Waals surface area contributed by atoms with Crippen molar-refractivity contribution in [3.63, 3.8) is 0 Å². The topological polar surface area (TPSA) is 97.2 Å². The number of nitrogens with zero attached hydrogens (tertiary/aromatic N) is 5. The summed E-state index contributed by atoms with van der Waals surface area (Å²) in [4.78, 5) is 44.5. The van der Waals surface area contributed by atoms with Gasteiger partial charge in [0, 0.05) is 37.3 Å². The first-order valence-electron chi connectivity index (χ1n) is 12.9. The third kappa shape index (κ3) is 4.19. The van der Waals surface area contributed by atoms with Gasteiger partial charge in [0.2, 0.25) is 0 Å². The first-order valence-corrected chi connectivity index (χ1v) is 13.3. The molecule has 0 aliphatic carbocycles. The summed E-state index contributed by atoms with van der Waals surface area (Å²) in [6, 6.07) is 12.3. The minimum atomic E-state index is -0.859. The van der Waals surface area contributed by atoms with Crippen molar-refractivity contribution < 1.29 is 23.9 Å². The van der Waals surface area contributed by atoms with Gasteiger partial charge in [0.15, 0.2) is 12.3 Å². The summed E-state index contributed by atoms with van der Waals surface area (Å²) in [7, 11) is 1.65. The van der Waals surface area contributed by atoms with E-state index >= 15 is 0 Å². The van der Waals surface area contributed by atoms with E-state index in [0.717, 1.165) is 5.56 Å². The van der Waals surface area contributed by atoms with Crippen LogP contribution in [0.5, 0.6) is 11.5 Å². The second kappa shape index (κ2) is 9.60. The molecule has 202 valence electrons. The van der Waals surface area contributed by atoms with Gasteiger partial charge in [-0.2, -0.15) is 5.10 Å². The Morgan fingerprint density at radius 2 is 1.77 bits per heavy atom. The normalized spacial score (nSPS) is 18.8. The fourth-order valence-corrected chi connectivity index (χ4v) is 5.72. The van der Waals surface area contributed by atoms with Crippen LogP contribution in [0.4, 0.5) is 11.4 Å². The third-order valence-electron chi connectivity index (χ3n) is 7.41. The smallest absolute Gasteiger partial charge is 0.275 e. The number of fused-ring (bicyclic) bond motifs is 3. The lowest BCUT2D eigenvalue weighted by Gasteiger charge is -2.33. The Bertz CT molecular complexity index is 1490. The van der Waals surface area contributed by atoms with Gasteiger partial charge in [-0.05, 0) is 25.8 Å². The molecule has 10 nitrogen and oxygen atoms in total. The maximum Gasteiger partial charge on any atom is 0.275 e. The Hall–Kier alpha value is -4.05. The monoisotopic (exact) mass is 549 g/mol. The molecule has 0 saturated carbocycles. The van der Waals surface area contributed by atoms with E-state index in [4.69, 9.17) is 21.1 Å². The van der Waals surface area contributed by atoms with Crippen molar-refractivity contribution in [1.82, 2.24) is 14.7 Å². The van der Waals surface area contributed by atoms with E-state index in [9.17, 15) is 14.4 Å². The molecular weight excluding hydrogens is 522 g/mol. The van der Waals surface area contributed by atoms with Crippen LogP contribution in [0.15, 0.2) is 42.5 Å². The van der Waals surface area contributed by atoms with Gasteiger partial charge in [0.25, 0.3) is 17.7 Å². The molecule has 0 saturated heterocycles. The number of carbonyl (C=O) groups excluding carboxylic acids is 3. The van der Waals surface area contributed by atoms with Crippen LogP contribution in [0.3, 0.4) is 0 Å². The number of likely N-dealkylation sites (N-methyl/N-ethyl adjacent to an activating group) is 1. The lowest BCUT2D eigenvalue weighted by molar-refractivity contribution is -0.123. The number of aromatic nitrogens is 2. The maximum atomic E-state index is 13.7. The molecule has 4 heterocycles. The molecule has 3 aromatic rings. The van der Waals surface area contributed by atoms with E-state index in [1.807, 2.05) is 44.2 Å². The van der Waals surface area contributed by atoms with Crippen molar-refractivity contribution in [3.8, 4) is 11.5 Å². The van der Waals surface area contributed by atoms with Gasteiger partial charge in [0.05, 0.1) is 17.9 Å². The summed E-state index contributed by atoms with van der Waals surface area (Å²) in [6.07, 6.45) is 0.475. The first-order chi connectivity index (χ1) is 18.7. The average molecular weight is 550 g/mol. The van der Waals surface area contributed by atoms with Gasteiger partial charge in [-0.15, -0.1) is 0 Å². The molecule has 3 aliphatic rings. The molecule has 11 heteroatoms. The zero-order valence-corrected chi connectivity index (χ0v) is 22.6. The highest BCUT2D eigenvalue weighted by molar-refractivity contribution is 6.31. The van der Waals surface area contributed by atoms with Gasteiger partial charge >= 0.3 is 0 Å². The molecule has 3 aliphatic heterocycles. The average Bonchev–Trinajstić information content (AvgIpc) is 3.18. The van der Waals surface area contributed by atoms with Crippen LogP contribution in [0.25, 0.3) is 0 Å². The molecular formula is C28H28ClN5O5. The molecule has 1 aromatic heterocycles. The van der Waals surface area contributed by atoms with Crippen molar-refractivity contribution in [2.45, 2.75) is 38.9 Å². The first kappa shape index (κ1) is 25.2. The van der Waals surface area contributed by atoms with Crippen LogP contribution >= 0.6 is 11.6 Å². The number of rotatable bonds is 4. The summed E-state index contributed by atoms with van der Waals surface area (Å²) >= 11 is 6.63. The largest absolute Gasteiger partial charge is 0.489 e. The van der Waals surface area contributed by atoms with E-state index in [2.05, 4.69) is 5.10 Å². The second-order valence-electron chi connectivity index (χ2n) is 10.2. The van der Waals surface area contributed by atoms with E-state index in [1.54, 1.807) is 28.8 Å². The summed E-state index contributed by atoms with van der Waals surface area (Å²) in [6.45, 7) is 4.48. The quantitative estimate of drug-likeness (QED) is 0.496. The van der Waals surface area contributed by atoms with Gasteiger partial charge in [0.1, 0.15) is 29.3 Å². The number of carbonyl (C=O) groups is 3. The zero-order chi connectivity index (χ0) is 27.4. The highest BCUT2D eigenvalue weighted by Gasteiger charge is 2.41. The van der Waals surface area contributed by atoms with E-state index in [1.165, 1.54) is 9.80 Å². The van der Waals surface area contributed by atoms with E-state index in [-0.39, 0.29) is 42.7 Å². The Morgan fingerprint density at radius 1 is 1.05 bits per heavy atom. The van der Waals surface area contributed by atoms with E-state index < -0.39 is 6.04 Å². The van der Waals surface area contributed by atoms with Gasteiger partial charge in [-0.1, -0.05) is 41.9 Å². The molecule has 2 aromatic carbocycles. The zero-order valence-electron chi connectivity index (χ0n) is 21.9. The van der Waals surface area contributed by atoms with E-state index in [0.29, 0.717) is 53.1 Å². The molecule has 3 amide bonds. The number of anilines is 2. The molecule has 0 spiro atoms. The molecule has 0 fully saturated rings. The fraction of sp³-hybridized carbons (Fsp3) is 0.357. The molecule has 0 N–H and O–H groups in total. The van der Waals surface area contributed by atoms with Crippen molar-refractivity contribution in [1.29, 1.82) is 0 Å². The Kier molecular flexibility index (Phi) is 6.22. The minimum Gasteiger partial charge on any atom is -0.489 e. The summed E-state index contributed by atoms with van der Waals surface area (Å²) in [5.74, 6) is 0.157. The number of halogens is 1. The Balaban J connectivity index is 1.28. The third-order valence-corrected chi connectivity index (χ3v) is 7.83. The molecule has 0 unspecified atom stereocenters. The minimum absolute atomic E-state index is 0.0367. The number of amides is 3. The number of benzene rings is 2. The summed E-state index contributed by atoms with van der Waals surface area (Å²) < 4.78 is 13.4. The van der Waals surface area contributed by atoms with Crippen LogP contribution < -0.4 is 19.3 Å². The van der Waals surface area contributed by atoms with Crippen LogP contribution in [0.2, 0.25) is 5.15 Å². The summed E-state index contributed by atoms with van der Waals surface area (Å²) in [5.41, 5.74) is 3.07. The maximum absolute atomic E-state index is 13.7. The van der Waals surface area contributed by atoms with Crippen LogP contribution in [-0.2, 0) is 22.6 Å². The van der Waals surface area contributed by atoms with Crippen molar-refractivity contribution >= 4 is 40.7 Å². The van der Waals surface area contributed by atoms with Crippen LogP contribution in [-0.4, -0.2) is 71.3 Å². The van der Waals surface area contributed by atoms with Gasteiger partial charge in [-0.3, -0.25) is 14.4 Å². The van der Waals surface area contributed by atoms with Gasteiger partial charge < -0.3 is 24.2 Å². The fourth-order valence-electron chi connectivity index (χ4n) is 5.44. The van der Waals surface area contributed by atoms with Crippen molar-refractivity contribution in [3.05, 3.63) is 64.4 Å². The predicted octanol–water partition coefficient (Wildman–Crippen LogP) is 3.14. The predicted molar refractivity (Wildman–Crippen MR) is 145 cm³/mol. The molecule has 6 rings (SSSR count). The Labute approximate surface area is 230 Å². The number of hydrogen-bond donors (Lipinski definition) is 0. The molecule has 39 heavy (non-hydrogen) atoms. The Morgan fingerprint density at radius 3 is 2.51 bits per heavy atom. The van der Waals surface area contributed by atoms with Crippen LogP contribution in [0, 0.1) is 0 Å². The molecule has 0 bridgehead atoms. The number of hydrogen-bond acceptors (Lipinski definition) is 6. The molecule has 0 radical (unpaired) electrons. The van der Waals surface area contributed by atoms with Crippen molar-refractivity contribution in [2.75, 3.05) is 36.6 Å². The lowest BCUT2D eigenvalue weighted by atomic mass is 10.0. The number of ether oxygens (including phenoxy) is 2. The highest BCUT2D eigenvalue weighted by atomic mass is 35.5. The SMILES string of the molecule is CC(C)N1C(=O)COc2cc3c(cc21)OC[C@H](N1CCc2c(nn(Cc4ccccc4)c2Cl)C1=O)C(=O)N3C. The lowest BCUT2D eigenvalue weighted by Crippen LogP contribution is -2.54. The summed E-state index contributed by atoms with van der Waals surface area (Å²) in [5, 5.41) is 4.97. The van der Waals surface area contributed by atoms with Gasteiger partial charge in [-0.25, -0.2) is 4.68 Å². The highest BCUT2D eigenvalue weighted by Crippen LogP contribution is 2.44. The second-order valence-corrected chi connectivity index (χ2v) is 10.5. The molecule has 1 atom stereocenters.